The number of carbonyl (C=O) groups excluding carboxylic acids is 2. The van der Waals surface area contributed by atoms with Gasteiger partial charge in [0.15, 0.2) is 0 Å². The maximum Gasteiger partial charge on any atom is 0.236 e. The van der Waals surface area contributed by atoms with Crippen molar-refractivity contribution in [2.24, 2.45) is 5.92 Å². The molecule has 2 N–H and O–H groups in total. The van der Waals surface area contributed by atoms with Crippen LogP contribution in [-0.2, 0) is 19.6 Å². The van der Waals surface area contributed by atoms with Gasteiger partial charge in [0.1, 0.15) is 0 Å². The minimum atomic E-state index is -3.47. The molecule has 0 heterocycles. The van der Waals surface area contributed by atoms with Gasteiger partial charge in [-0.25, -0.2) is 8.42 Å². The lowest BCUT2D eigenvalue weighted by Gasteiger charge is -2.27. The molecule has 98 valence electrons. The molecule has 1 saturated carbocycles. The molecule has 17 heavy (non-hydrogen) atoms. The summed E-state index contributed by atoms with van der Waals surface area (Å²) in [5.74, 6) is -0.780. The summed E-state index contributed by atoms with van der Waals surface area (Å²) in [6, 6.07) is 0.106. The standard InChI is InChI=1S/C10H18N2O4S/c1-7(13)11-9-5-3-8(4-6-9)10(14)12-17(2,15)16/h8-9H,3-6H2,1-2H3,(H,11,13)(H,12,14). The normalized spacial score (nSPS) is 25.1. The first-order valence-corrected chi connectivity index (χ1v) is 7.46. The van der Waals surface area contributed by atoms with Crippen LogP contribution in [0, 0.1) is 5.92 Å². The molecule has 0 saturated heterocycles. The predicted octanol–water partition coefficient (Wildman–Crippen LogP) is -0.243. The van der Waals surface area contributed by atoms with Gasteiger partial charge in [0.05, 0.1) is 6.26 Å². The van der Waals surface area contributed by atoms with Crippen LogP contribution in [0.5, 0.6) is 0 Å². The Morgan fingerprint density at radius 1 is 1.12 bits per heavy atom. The van der Waals surface area contributed by atoms with Gasteiger partial charge >= 0.3 is 0 Å². The van der Waals surface area contributed by atoms with Crippen molar-refractivity contribution in [2.75, 3.05) is 6.26 Å². The number of amides is 2. The van der Waals surface area contributed by atoms with E-state index >= 15 is 0 Å². The Hall–Kier alpha value is -1.11. The minimum Gasteiger partial charge on any atom is -0.354 e. The summed E-state index contributed by atoms with van der Waals surface area (Å²) < 4.78 is 23.8. The molecule has 1 aliphatic rings. The molecule has 0 atom stereocenters. The van der Waals surface area contributed by atoms with Crippen LogP contribution in [0.2, 0.25) is 0 Å². The molecule has 0 aromatic heterocycles. The first kappa shape index (κ1) is 14.0. The lowest BCUT2D eigenvalue weighted by atomic mass is 9.85. The van der Waals surface area contributed by atoms with E-state index in [4.69, 9.17) is 0 Å². The van der Waals surface area contributed by atoms with E-state index < -0.39 is 15.9 Å². The van der Waals surface area contributed by atoms with E-state index in [1.807, 2.05) is 4.72 Å². The Balaban J connectivity index is 2.41. The van der Waals surface area contributed by atoms with Crippen molar-refractivity contribution >= 4 is 21.8 Å². The Morgan fingerprint density at radius 3 is 2.06 bits per heavy atom. The number of hydrogen-bond donors (Lipinski definition) is 2. The highest BCUT2D eigenvalue weighted by Crippen LogP contribution is 2.24. The fourth-order valence-corrected chi connectivity index (χ4v) is 2.59. The zero-order chi connectivity index (χ0) is 13.1. The molecule has 0 unspecified atom stereocenters. The molecule has 7 heteroatoms. The van der Waals surface area contributed by atoms with Gasteiger partial charge in [0.25, 0.3) is 0 Å². The summed E-state index contributed by atoms with van der Waals surface area (Å²) in [4.78, 5) is 22.4. The van der Waals surface area contributed by atoms with E-state index in [0.717, 1.165) is 6.26 Å². The highest BCUT2D eigenvalue weighted by Gasteiger charge is 2.27. The molecule has 0 bridgehead atoms. The number of hydrogen-bond acceptors (Lipinski definition) is 4. The van der Waals surface area contributed by atoms with E-state index in [2.05, 4.69) is 5.32 Å². The van der Waals surface area contributed by atoms with Crippen molar-refractivity contribution in [1.82, 2.24) is 10.0 Å². The van der Waals surface area contributed by atoms with Crippen molar-refractivity contribution in [2.45, 2.75) is 38.6 Å². The number of nitrogens with one attached hydrogen (secondary N) is 2. The highest BCUT2D eigenvalue weighted by molar-refractivity contribution is 7.89. The quantitative estimate of drug-likeness (QED) is 0.734. The van der Waals surface area contributed by atoms with Crippen LogP contribution in [0.25, 0.3) is 0 Å². The van der Waals surface area contributed by atoms with Crippen LogP contribution in [0.1, 0.15) is 32.6 Å². The summed E-state index contributed by atoms with van der Waals surface area (Å²) in [7, 11) is -3.47. The largest absolute Gasteiger partial charge is 0.354 e. The van der Waals surface area contributed by atoms with Crippen LogP contribution in [0.15, 0.2) is 0 Å². The van der Waals surface area contributed by atoms with Crippen LogP contribution in [0.3, 0.4) is 0 Å². The Kier molecular flexibility index (Phi) is 4.50. The van der Waals surface area contributed by atoms with E-state index in [1.54, 1.807) is 0 Å². The molecule has 0 spiro atoms. The minimum absolute atomic E-state index is 0.0750. The second-order valence-corrected chi connectivity index (χ2v) is 6.24. The van der Waals surface area contributed by atoms with Crippen LogP contribution >= 0.6 is 0 Å². The summed E-state index contributed by atoms with van der Waals surface area (Å²) >= 11 is 0. The average Bonchev–Trinajstić information content (AvgIpc) is 2.15. The van der Waals surface area contributed by atoms with Gasteiger partial charge in [-0.3, -0.25) is 14.3 Å². The van der Waals surface area contributed by atoms with Crippen LogP contribution in [-0.4, -0.2) is 32.5 Å². The third-order valence-corrected chi connectivity index (χ3v) is 3.36. The smallest absolute Gasteiger partial charge is 0.236 e. The topological polar surface area (TPSA) is 92.3 Å². The molecule has 1 fully saturated rings. The number of rotatable bonds is 3. The maximum absolute atomic E-state index is 11.6. The lowest BCUT2D eigenvalue weighted by Crippen LogP contribution is -2.41. The van der Waals surface area contributed by atoms with Gasteiger partial charge in [0.2, 0.25) is 21.8 Å². The molecule has 1 aliphatic carbocycles. The molecular weight excluding hydrogens is 244 g/mol. The van der Waals surface area contributed by atoms with Gasteiger partial charge in [-0.1, -0.05) is 0 Å². The highest BCUT2D eigenvalue weighted by atomic mass is 32.2. The second kappa shape index (κ2) is 5.48. The summed E-state index contributed by atoms with van der Waals surface area (Å²) in [6.07, 6.45) is 3.59. The summed E-state index contributed by atoms with van der Waals surface area (Å²) in [5, 5.41) is 2.80. The van der Waals surface area contributed by atoms with Gasteiger partial charge in [-0.05, 0) is 25.7 Å². The average molecular weight is 262 g/mol. The summed E-state index contributed by atoms with van der Waals surface area (Å²) in [6.45, 7) is 1.46. The van der Waals surface area contributed by atoms with Gasteiger partial charge < -0.3 is 5.32 Å². The van der Waals surface area contributed by atoms with Crippen LogP contribution < -0.4 is 10.0 Å². The van der Waals surface area contributed by atoms with Crippen molar-refractivity contribution in [3.63, 3.8) is 0 Å². The zero-order valence-electron chi connectivity index (χ0n) is 10.0. The van der Waals surface area contributed by atoms with Gasteiger partial charge in [-0.2, -0.15) is 0 Å². The molecular formula is C10H18N2O4S. The van der Waals surface area contributed by atoms with E-state index in [-0.39, 0.29) is 17.9 Å². The molecule has 2 amide bonds. The third kappa shape index (κ3) is 5.16. The zero-order valence-corrected chi connectivity index (χ0v) is 10.8. The fraction of sp³-hybridized carbons (Fsp3) is 0.800. The Morgan fingerprint density at radius 2 is 1.65 bits per heavy atom. The first-order chi connectivity index (χ1) is 7.78. The van der Waals surface area contributed by atoms with Crippen molar-refractivity contribution < 1.29 is 18.0 Å². The molecule has 0 aromatic carbocycles. The van der Waals surface area contributed by atoms with Gasteiger partial charge in [-0.15, -0.1) is 0 Å². The monoisotopic (exact) mass is 262 g/mol. The van der Waals surface area contributed by atoms with Crippen molar-refractivity contribution in [3.8, 4) is 0 Å². The maximum atomic E-state index is 11.6. The second-order valence-electron chi connectivity index (χ2n) is 4.49. The van der Waals surface area contributed by atoms with Crippen LogP contribution in [0.4, 0.5) is 0 Å². The molecule has 0 aromatic rings. The van der Waals surface area contributed by atoms with Crippen molar-refractivity contribution in [3.05, 3.63) is 0 Å². The first-order valence-electron chi connectivity index (χ1n) is 5.56. The molecule has 6 nitrogen and oxygen atoms in total. The SMILES string of the molecule is CC(=O)NC1CCC(C(=O)NS(C)(=O)=O)CC1. The molecule has 1 rings (SSSR count). The number of carbonyl (C=O) groups is 2. The van der Waals surface area contributed by atoms with E-state index in [1.165, 1.54) is 6.92 Å². The van der Waals surface area contributed by atoms with Crippen molar-refractivity contribution in [1.29, 1.82) is 0 Å². The van der Waals surface area contributed by atoms with Gasteiger partial charge in [0, 0.05) is 18.9 Å². The lowest BCUT2D eigenvalue weighted by molar-refractivity contribution is -0.124. The van der Waals surface area contributed by atoms with E-state index in [9.17, 15) is 18.0 Å². The Bertz CT molecular complexity index is 397. The van der Waals surface area contributed by atoms with E-state index in [0.29, 0.717) is 25.7 Å². The molecule has 0 aliphatic heterocycles. The Labute approximate surface area is 101 Å². The predicted molar refractivity (Wildman–Crippen MR) is 62.5 cm³/mol. The summed E-state index contributed by atoms with van der Waals surface area (Å²) in [5.41, 5.74) is 0. The third-order valence-electron chi connectivity index (χ3n) is 2.79. The molecule has 0 radical (unpaired) electrons. The fourth-order valence-electron chi connectivity index (χ4n) is 2.05. The number of sulfonamides is 1.